The first-order valence-corrected chi connectivity index (χ1v) is 9.35. The Labute approximate surface area is 165 Å². The molecule has 28 heavy (non-hydrogen) atoms. The Kier molecular flexibility index (Phi) is 5.31. The standard InChI is InChI=1S/C22H26N2O4/c1-13(2)19(24-20(25)15-8-6-14(3)7-9-15)21(26)23-16-10-11-17-18(12-16)28-22(4,5)27-17/h6-13,19H,1-5H3,(H,23,26)(H,24,25). The summed E-state index contributed by atoms with van der Waals surface area (Å²) in [6.45, 7) is 9.38. The van der Waals surface area contributed by atoms with Crippen LogP contribution in [0.25, 0.3) is 0 Å². The molecule has 0 fully saturated rings. The molecule has 0 bridgehead atoms. The van der Waals surface area contributed by atoms with Crippen LogP contribution >= 0.6 is 0 Å². The van der Waals surface area contributed by atoms with Gasteiger partial charge in [-0.05, 0) is 37.1 Å². The Balaban J connectivity index is 1.70. The highest BCUT2D eigenvalue weighted by molar-refractivity contribution is 6.01. The molecule has 1 aliphatic heterocycles. The summed E-state index contributed by atoms with van der Waals surface area (Å²) in [5.74, 6) is -0.158. The molecule has 2 aromatic carbocycles. The maximum absolute atomic E-state index is 12.8. The molecule has 1 heterocycles. The summed E-state index contributed by atoms with van der Waals surface area (Å²) in [5.41, 5.74) is 2.18. The molecule has 1 atom stereocenters. The largest absolute Gasteiger partial charge is 0.449 e. The monoisotopic (exact) mass is 382 g/mol. The van der Waals surface area contributed by atoms with Crippen molar-refractivity contribution in [1.82, 2.24) is 5.32 Å². The number of carbonyl (C=O) groups is 2. The van der Waals surface area contributed by atoms with Gasteiger partial charge in [-0.1, -0.05) is 31.5 Å². The third-order valence-corrected chi connectivity index (χ3v) is 4.47. The van der Waals surface area contributed by atoms with E-state index in [1.807, 2.05) is 46.8 Å². The van der Waals surface area contributed by atoms with Crippen LogP contribution in [0.4, 0.5) is 5.69 Å². The fourth-order valence-electron chi connectivity index (χ4n) is 2.98. The van der Waals surface area contributed by atoms with Crippen molar-refractivity contribution in [3.8, 4) is 11.5 Å². The van der Waals surface area contributed by atoms with Crippen molar-refractivity contribution < 1.29 is 19.1 Å². The number of fused-ring (bicyclic) bond motifs is 1. The van der Waals surface area contributed by atoms with Crippen LogP contribution in [0, 0.1) is 12.8 Å². The lowest BCUT2D eigenvalue weighted by atomic mass is 10.0. The van der Waals surface area contributed by atoms with Gasteiger partial charge in [0.15, 0.2) is 11.5 Å². The maximum Gasteiger partial charge on any atom is 0.251 e. The average molecular weight is 382 g/mol. The third-order valence-electron chi connectivity index (χ3n) is 4.47. The van der Waals surface area contributed by atoms with Crippen molar-refractivity contribution in [2.75, 3.05) is 5.32 Å². The van der Waals surface area contributed by atoms with E-state index in [1.165, 1.54) is 0 Å². The zero-order chi connectivity index (χ0) is 20.5. The molecule has 0 radical (unpaired) electrons. The molecule has 0 aromatic heterocycles. The highest BCUT2D eigenvalue weighted by Crippen LogP contribution is 2.40. The smallest absolute Gasteiger partial charge is 0.251 e. The number of carbonyl (C=O) groups excluding carboxylic acids is 2. The van der Waals surface area contributed by atoms with E-state index in [2.05, 4.69) is 10.6 Å². The van der Waals surface area contributed by atoms with Gasteiger partial charge in [-0.2, -0.15) is 0 Å². The molecule has 3 rings (SSSR count). The van der Waals surface area contributed by atoms with E-state index < -0.39 is 11.8 Å². The molecule has 2 amide bonds. The molecule has 148 valence electrons. The number of aryl methyl sites for hydroxylation is 1. The molecule has 0 saturated carbocycles. The van der Waals surface area contributed by atoms with Gasteiger partial charge in [0.25, 0.3) is 5.91 Å². The average Bonchev–Trinajstić information content (AvgIpc) is 2.92. The first-order valence-electron chi connectivity index (χ1n) is 9.35. The first kappa shape index (κ1) is 19.7. The van der Waals surface area contributed by atoms with Crippen molar-refractivity contribution in [1.29, 1.82) is 0 Å². The summed E-state index contributed by atoms with van der Waals surface area (Å²) in [5, 5.41) is 5.69. The van der Waals surface area contributed by atoms with Crippen molar-refractivity contribution in [3.63, 3.8) is 0 Å². The summed E-state index contributed by atoms with van der Waals surface area (Å²) in [6.07, 6.45) is 0. The second-order valence-electron chi connectivity index (χ2n) is 7.82. The van der Waals surface area contributed by atoms with Gasteiger partial charge in [-0.3, -0.25) is 9.59 Å². The fourth-order valence-corrected chi connectivity index (χ4v) is 2.98. The van der Waals surface area contributed by atoms with Crippen LogP contribution in [0.1, 0.15) is 43.6 Å². The Morgan fingerprint density at radius 2 is 1.61 bits per heavy atom. The number of hydrogen-bond acceptors (Lipinski definition) is 4. The summed E-state index contributed by atoms with van der Waals surface area (Å²) >= 11 is 0. The normalized spacial score (nSPS) is 15.2. The number of nitrogens with one attached hydrogen (secondary N) is 2. The van der Waals surface area contributed by atoms with E-state index in [1.54, 1.807) is 30.3 Å². The van der Waals surface area contributed by atoms with Crippen LogP contribution in [-0.4, -0.2) is 23.6 Å². The van der Waals surface area contributed by atoms with Crippen LogP contribution < -0.4 is 20.1 Å². The summed E-state index contributed by atoms with van der Waals surface area (Å²) in [7, 11) is 0. The van der Waals surface area contributed by atoms with Gasteiger partial charge in [0.2, 0.25) is 11.7 Å². The van der Waals surface area contributed by atoms with Gasteiger partial charge in [-0.25, -0.2) is 0 Å². The lowest BCUT2D eigenvalue weighted by Gasteiger charge is -2.22. The number of benzene rings is 2. The Hall–Kier alpha value is -3.02. The van der Waals surface area contributed by atoms with E-state index >= 15 is 0 Å². The zero-order valence-electron chi connectivity index (χ0n) is 16.8. The molecular formula is C22H26N2O4. The molecule has 0 saturated heterocycles. The van der Waals surface area contributed by atoms with E-state index in [-0.39, 0.29) is 17.7 Å². The Morgan fingerprint density at radius 1 is 0.964 bits per heavy atom. The number of ether oxygens (including phenoxy) is 2. The summed E-state index contributed by atoms with van der Waals surface area (Å²) < 4.78 is 11.4. The molecule has 2 N–H and O–H groups in total. The van der Waals surface area contributed by atoms with Crippen molar-refractivity contribution in [2.24, 2.45) is 5.92 Å². The molecule has 0 spiro atoms. The van der Waals surface area contributed by atoms with Gasteiger partial charge in [0, 0.05) is 31.2 Å². The lowest BCUT2D eigenvalue weighted by Crippen LogP contribution is -2.47. The van der Waals surface area contributed by atoms with Gasteiger partial charge < -0.3 is 20.1 Å². The minimum Gasteiger partial charge on any atom is -0.449 e. The molecule has 1 unspecified atom stereocenters. The van der Waals surface area contributed by atoms with E-state index in [0.29, 0.717) is 22.7 Å². The summed E-state index contributed by atoms with van der Waals surface area (Å²) in [4.78, 5) is 25.3. The third kappa shape index (κ3) is 4.44. The molecule has 6 heteroatoms. The Bertz CT molecular complexity index is 888. The van der Waals surface area contributed by atoms with Crippen LogP contribution in [0.15, 0.2) is 42.5 Å². The van der Waals surface area contributed by atoms with Crippen molar-refractivity contribution >= 4 is 17.5 Å². The number of hydrogen-bond donors (Lipinski definition) is 2. The van der Waals surface area contributed by atoms with Crippen LogP contribution in [-0.2, 0) is 4.79 Å². The molecule has 0 aliphatic carbocycles. The predicted molar refractivity (Wildman–Crippen MR) is 108 cm³/mol. The highest BCUT2D eigenvalue weighted by Gasteiger charge is 2.32. The van der Waals surface area contributed by atoms with E-state index in [0.717, 1.165) is 5.56 Å². The van der Waals surface area contributed by atoms with Gasteiger partial charge in [-0.15, -0.1) is 0 Å². The summed E-state index contributed by atoms with van der Waals surface area (Å²) in [6, 6.07) is 11.8. The fraction of sp³-hybridized carbons (Fsp3) is 0.364. The van der Waals surface area contributed by atoms with Crippen LogP contribution in [0.5, 0.6) is 11.5 Å². The minimum atomic E-state index is -0.729. The SMILES string of the molecule is Cc1ccc(C(=O)NC(C(=O)Nc2ccc3c(c2)OC(C)(C)O3)C(C)C)cc1. The molecule has 1 aliphatic rings. The quantitative estimate of drug-likeness (QED) is 0.822. The van der Waals surface area contributed by atoms with Crippen molar-refractivity contribution in [2.45, 2.75) is 46.4 Å². The van der Waals surface area contributed by atoms with Gasteiger partial charge in [0.1, 0.15) is 6.04 Å². The molecule has 6 nitrogen and oxygen atoms in total. The maximum atomic E-state index is 12.8. The van der Waals surface area contributed by atoms with Gasteiger partial charge in [0.05, 0.1) is 0 Å². The second kappa shape index (κ2) is 7.54. The number of anilines is 1. The van der Waals surface area contributed by atoms with Crippen LogP contribution in [0.2, 0.25) is 0 Å². The number of rotatable bonds is 5. The highest BCUT2D eigenvalue weighted by atomic mass is 16.7. The zero-order valence-corrected chi connectivity index (χ0v) is 16.8. The minimum absolute atomic E-state index is 0.0812. The topological polar surface area (TPSA) is 76.7 Å². The molecular weight excluding hydrogens is 356 g/mol. The second-order valence-corrected chi connectivity index (χ2v) is 7.82. The van der Waals surface area contributed by atoms with E-state index in [4.69, 9.17) is 9.47 Å². The first-order chi connectivity index (χ1) is 13.1. The Morgan fingerprint density at radius 3 is 2.25 bits per heavy atom. The van der Waals surface area contributed by atoms with E-state index in [9.17, 15) is 9.59 Å². The predicted octanol–water partition coefficient (Wildman–Crippen LogP) is 3.90. The lowest BCUT2D eigenvalue weighted by molar-refractivity contribution is -0.118. The van der Waals surface area contributed by atoms with Crippen LogP contribution in [0.3, 0.4) is 0 Å². The van der Waals surface area contributed by atoms with Crippen molar-refractivity contribution in [3.05, 3.63) is 53.6 Å². The molecule has 2 aromatic rings. The van der Waals surface area contributed by atoms with Gasteiger partial charge >= 0.3 is 0 Å². The number of amides is 2.